The number of hydrogen-bond donors (Lipinski definition) is 2. The third-order valence-electron chi connectivity index (χ3n) is 5.34. The molecule has 4 heteroatoms. The lowest BCUT2D eigenvalue weighted by Gasteiger charge is -2.14. The van der Waals surface area contributed by atoms with Crippen LogP contribution < -0.4 is 11.1 Å². The largest absolute Gasteiger partial charge is 0.397 e. The van der Waals surface area contributed by atoms with Crippen LogP contribution in [0.5, 0.6) is 0 Å². The molecule has 1 aromatic rings. The Hall–Kier alpha value is -0.770. The van der Waals surface area contributed by atoms with E-state index in [1.165, 1.54) is 19.3 Å². The van der Waals surface area contributed by atoms with Crippen molar-refractivity contribution in [3.63, 3.8) is 0 Å². The quantitative estimate of drug-likeness (QED) is 0.882. The molecule has 0 spiro atoms. The average Bonchev–Trinajstić information content (AvgIpc) is 2.76. The van der Waals surface area contributed by atoms with Crippen molar-refractivity contribution in [1.29, 1.82) is 0 Å². The van der Waals surface area contributed by atoms with Gasteiger partial charge >= 0.3 is 0 Å². The van der Waals surface area contributed by atoms with Crippen LogP contribution in [0, 0.1) is 30.6 Å². The second-order valence-electron chi connectivity index (χ2n) is 6.16. The van der Waals surface area contributed by atoms with Crippen LogP contribution in [0.3, 0.4) is 0 Å². The maximum atomic E-state index is 5.86. The summed E-state index contributed by atoms with van der Waals surface area (Å²) in [6.07, 6.45) is 6.16. The molecule has 4 unspecified atom stereocenters. The molecule has 3 saturated carbocycles. The smallest absolute Gasteiger partial charge is 0.140 e. The highest BCUT2D eigenvalue weighted by atomic mass is 79.9. The van der Waals surface area contributed by atoms with Gasteiger partial charge in [-0.25, -0.2) is 4.98 Å². The molecule has 1 heterocycles. The van der Waals surface area contributed by atoms with E-state index in [2.05, 4.69) is 26.2 Å². The molecule has 3 N–H and O–H groups in total. The van der Waals surface area contributed by atoms with Crippen molar-refractivity contribution in [2.24, 2.45) is 23.7 Å². The predicted octanol–water partition coefficient (Wildman–Crippen LogP) is 3.19. The van der Waals surface area contributed by atoms with Crippen LogP contribution in [0.15, 0.2) is 10.7 Å². The number of fused-ring (bicyclic) bond motifs is 5. The normalized spacial score (nSPS) is 39.8. The van der Waals surface area contributed by atoms with E-state index in [0.717, 1.165) is 45.2 Å². The molecule has 3 nitrogen and oxygen atoms in total. The first-order chi connectivity index (χ1) is 8.66. The van der Waals surface area contributed by atoms with E-state index in [0.29, 0.717) is 6.04 Å². The number of nitrogen functional groups attached to an aromatic ring is 1. The number of nitrogens with zero attached hydrogens (tertiary/aromatic N) is 1. The van der Waals surface area contributed by atoms with Gasteiger partial charge in [0, 0.05) is 6.04 Å². The van der Waals surface area contributed by atoms with Gasteiger partial charge in [0.05, 0.1) is 16.4 Å². The molecule has 0 amide bonds. The fourth-order valence-corrected chi connectivity index (χ4v) is 4.81. The number of halogens is 1. The monoisotopic (exact) mass is 307 g/mol. The van der Waals surface area contributed by atoms with E-state index in [4.69, 9.17) is 5.73 Å². The number of nitrogens with one attached hydrogen (secondary N) is 1. The van der Waals surface area contributed by atoms with Crippen LogP contribution in [0.2, 0.25) is 0 Å². The number of rotatable bonds is 2. The zero-order chi connectivity index (χ0) is 12.4. The molecule has 3 aliphatic rings. The summed E-state index contributed by atoms with van der Waals surface area (Å²) in [6, 6.07) is 0.670. The van der Waals surface area contributed by atoms with Crippen LogP contribution in [-0.4, -0.2) is 11.0 Å². The highest BCUT2D eigenvalue weighted by molar-refractivity contribution is 9.10. The molecule has 0 radical (unpaired) electrons. The summed E-state index contributed by atoms with van der Waals surface area (Å²) < 4.78 is 1.03. The fraction of sp³-hybridized carbons (Fsp3) is 0.643. The first-order valence-electron chi connectivity index (χ1n) is 6.84. The molecule has 0 saturated heterocycles. The average molecular weight is 308 g/mol. The van der Waals surface area contributed by atoms with Gasteiger partial charge in [0.2, 0.25) is 0 Å². The summed E-state index contributed by atoms with van der Waals surface area (Å²) in [5, 5.41) is 3.64. The molecule has 4 rings (SSSR count). The van der Waals surface area contributed by atoms with Crippen molar-refractivity contribution in [2.75, 3.05) is 11.1 Å². The fourth-order valence-electron chi connectivity index (χ4n) is 4.37. The van der Waals surface area contributed by atoms with E-state index in [9.17, 15) is 0 Å². The number of hydrogen-bond acceptors (Lipinski definition) is 3. The summed E-state index contributed by atoms with van der Waals surface area (Å²) in [4.78, 5) is 4.43. The van der Waals surface area contributed by atoms with Gasteiger partial charge in [-0.15, -0.1) is 0 Å². The van der Waals surface area contributed by atoms with Gasteiger partial charge in [-0.2, -0.15) is 0 Å². The van der Waals surface area contributed by atoms with Gasteiger partial charge in [0.15, 0.2) is 0 Å². The second kappa shape index (κ2) is 3.62. The summed E-state index contributed by atoms with van der Waals surface area (Å²) in [7, 11) is 0. The second-order valence-corrected chi connectivity index (χ2v) is 6.95. The highest BCUT2D eigenvalue weighted by Gasteiger charge is 2.65. The Bertz CT molecular complexity index is 500. The van der Waals surface area contributed by atoms with Gasteiger partial charge in [0.1, 0.15) is 5.82 Å². The van der Waals surface area contributed by atoms with Gasteiger partial charge in [0.25, 0.3) is 0 Å². The maximum Gasteiger partial charge on any atom is 0.140 e. The van der Waals surface area contributed by atoms with Crippen molar-refractivity contribution in [2.45, 2.75) is 32.2 Å². The Morgan fingerprint density at radius 3 is 2.67 bits per heavy atom. The maximum absolute atomic E-state index is 5.86. The van der Waals surface area contributed by atoms with Crippen LogP contribution in [0.1, 0.15) is 24.8 Å². The number of pyridine rings is 1. The van der Waals surface area contributed by atoms with E-state index >= 15 is 0 Å². The first kappa shape index (κ1) is 11.1. The van der Waals surface area contributed by atoms with Gasteiger partial charge < -0.3 is 11.1 Å². The molecule has 4 atom stereocenters. The molecule has 96 valence electrons. The highest BCUT2D eigenvalue weighted by Crippen LogP contribution is 2.66. The molecule has 18 heavy (non-hydrogen) atoms. The summed E-state index contributed by atoms with van der Waals surface area (Å²) >= 11 is 3.61. The lowest BCUT2D eigenvalue weighted by molar-refractivity contribution is 0.456. The summed E-state index contributed by atoms with van der Waals surface area (Å²) in [6.45, 7) is 2.03. The molecule has 3 fully saturated rings. The molecule has 0 aliphatic heterocycles. The lowest BCUT2D eigenvalue weighted by atomic mass is 10.0. The number of nitrogens with two attached hydrogens (primary N) is 1. The topological polar surface area (TPSA) is 50.9 Å². The number of aromatic nitrogens is 1. The third kappa shape index (κ3) is 1.38. The molecular formula is C14H18BrN3. The van der Waals surface area contributed by atoms with Crippen molar-refractivity contribution in [3.8, 4) is 0 Å². The Balaban J connectivity index is 1.56. The van der Waals surface area contributed by atoms with Crippen LogP contribution >= 0.6 is 15.9 Å². The van der Waals surface area contributed by atoms with Crippen molar-refractivity contribution >= 4 is 27.4 Å². The molecule has 3 aliphatic carbocycles. The Morgan fingerprint density at radius 1 is 1.33 bits per heavy atom. The SMILES string of the molecule is Cc1c(N)cnc(NC2C3C4CCC(C4)C23)c1Br. The summed E-state index contributed by atoms with van der Waals surface area (Å²) in [5.74, 6) is 4.81. The Kier molecular flexibility index (Phi) is 2.23. The van der Waals surface area contributed by atoms with Gasteiger partial charge in [-0.05, 0) is 71.4 Å². The van der Waals surface area contributed by atoms with Crippen molar-refractivity contribution in [1.82, 2.24) is 4.98 Å². The molecule has 1 aromatic heterocycles. The minimum absolute atomic E-state index is 0.670. The van der Waals surface area contributed by atoms with Crippen molar-refractivity contribution < 1.29 is 0 Å². The van der Waals surface area contributed by atoms with Gasteiger partial charge in [-0.1, -0.05) is 0 Å². The third-order valence-corrected chi connectivity index (χ3v) is 6.31. The van der Waals surface area contributed by atoms with Crippen LogP contribution in [-0.2, 0) is 0 Å². The van der Waals surface area contributed by atoms with Crippen LogP contribution in [0.4, 0.5) is 11.5 Å². The zero-order valence-electron chi connectivity index (χ0n) is 10.5. The van der Waals surface area contributed by atoms with Gasteiger partial charge in [-0.3, -0.25) is 0 Å². The first-order valence-corrected chi connectivity index (χ1v) is 7.63. The van der Waals surface area contributed by atoms with E-state index in [1.807, 2.05) is 6.92 Å². The molecular weight excluding hydrogens is 290 g/mol. The van der Waals surface area contributed by atoms with E-state index in [-0.39, 0.29) is 0 Å². The van der Waals surface area contributed by atoms with E-state index in [1.54, 1.807) is 6.20 Å². The van der Waals surface area contributed by atoms with E-state index < -0.39 is 0 Å². The van der Waals surface area contributed by atoms with Crippen molar-refractivity contribution in [3.05, 3.63) is 16.2 Å². The predicted molar refractivity (Wildman–Crippen MR) is 76.3 cm³/mol. The Morgan fingerprint density at radius 2 is 2.00 bits per heavy atom. The lowest BCUT2D eigenvalue weighted by Crippen LogP contribution is -2.14. The summed E-state index contributed by atoms with van der Waals surface area (Å²) in [5.41, 5.74) is 7.70. The Labute approximate surface area is 116 Å². The minimum atomic E-state index is 0.670. The molecule has 0 aromatic carbocycles. The zero-order valence-corrected chi connectivity index (χ0v) is 12.1. The van der Waals surface area contributed by atoms with Crippen LogP contribution in [0.25, 0.3) is 0 Å². The standard InChI is InChI=1S/C14H18BrN3/c1-6-9(16)5-17-14(12(6)15)18-13-10-7-2-3-8(4-7)11(10)13/h5,7-8,10-11,13H,2-4,16H2,1H3,(H,17,18). The number of anilines is 2. The molecule has 2 bridgehead atoms. The minimum Gasteiger partial charge on any atom is -0.397 e.